The highest BCUT2D eigenvalue weighted by atomic mass is 16.5. The molecular weight excluding hydrogens is 280 g/mol. The minimum atomic E-state index is -0.431. The van der Waals surface area contributed by atoms with Crippen LogP contribution in [0.25, 0.3) is 0 Å². The maximum Gasteiger partial charge on any atom is 0.253 e. The normalized spacial score (nSPS) is 24.5. The summed E-state index contributed by atoms with van der Waals surface area (Å²) in [5.74, 6) is 0.0498. The molecule has 0 unspecified atom stereocenters. The lowest BCUT2D eigenvalue weighted by molar-refractivity contribution is -0.174. The van der Waals surface area contributed by atoms with Gasteiger partial charge in [-0.1, -0.05) is 0 Å². The zero-order chi connectivity index (χ0) is 15.7. The Morgan fingerprint density at radius 2 is 1.95 bits per heavy atom. The smallest absolute Gasteiger partial charge is 0.253 e. The number of aryl methyl sites for hydroxylation is 2. The van der Waals surface area contributed by atoms with Gasteiger partial charge in [-0.15, -0.1) is 0 Å². The molecule has 1 N–H and O–H groups in total. The maximum absolute atomic E-state index is 12.7. The second-order valence-electron chi connectivity index (χ2n) is 6.50. The summed E-state index contributed by atoms with van der Waals surface area (Å²) in [5, 5.41) is 10.3. The third-order valence-electron chi connectivity index (χ3n) is 4.84. The molecule has 1 aromatic heterocycles. The summed E-state index contributed by atoms with van der Waals surface area (Å²) in [4.78, 5) is 18.8. The van der Waals surface area contributed by atoms with Crippen molar-refractivity contribution in [3.8, 4) is 0 Å². The Balaban J connectivity index is 1.69. The van der Waals surface area contributed by atoms with Gasteiger partial charge in [0.1, 0.15) is 0 Å². The fourth-order valence-electron chi connectivity index (χ4n) is 3.62. The average Bonchev–Trinajstić information content (AvgIpc) is 2.49. The van der Waals surface area contributed by atoms with Crippen molar-refractivity contribution in [1.29, 1.82) is 0 Å². The predicted octanol–water partition coefficient (Wildman–Crippen LogP) is 1.84. The van der Waals surface area contributed by atoms with Crippen LogP contribution in [0.4, 0.5) is 0 Å². The van der Waals surface area contributed by atoms with Gasteiger partial charge >= 0.3 is 0 Å². The van der Waals surface area contributed by atoms with E-state index in [4.69, 9.17) is 4.74 Å². The molecule has 2 fully saturated rings. The Hall–Kier alpha value is -1.46. The summed E-state index contributed by atoms with van der Waals surface area (Å²) in [6.45, 7) is 5.79. The van der Waals surface area contributed by atoms with Crippen molar-refractivity contribution in [2.75, 3.05) is 19.7 Å². The molecule has 0 aliphatic carbocycles. The van der Waals surface area contributed by atoms with Gasteiger partial charge in [0.15, 0.2) is 0 Å². The SMILES string of the molecule is Cc1cc(C(=O)N2CCC3(CC2)OCCC[C@@H]3O)cc(C)n1. The highest BCUT2D eigenvalue weighted by Crippen LogP contribution is 2.35. The van der Waals surface area contributed by atoms with Gasteiger partial charge in [-0.25, -0.2) is 0 Å². The molecule has 120 valence electrons. The van der Waals surface area contributed by atoms with E-state index < -0.39 is 11.7 Å². The van der Waals surface area contributed by atoms with Crippen molar-refractivity contribution >= 4 is 5.91 Å². The topological polar surface area (TPSA) is 62.7 Å². The number of pyridine rings is 1. The number of rotatable bonds is 1. The highest BCUT2D eigenvalue weighted by molar-refractivity contribution is 5.94. The second-order valence-corrected chi connectivity index (χ2v) is 6.50. The van der Waals surface area contributed by atoms with Gasteiger partial charge in [0.2, 0.25) is 0 Å². The van der Waals surface area contributed by atoms with Gasteiger partial charge < -0.3 is 14.7 Å². The van der Waals surface area contributed by atoms with Gasteiger partial charge in [-0.05, 0) is 51.7 Å². The molecule has 1 aromatic rings. The summed E-state index contributed by atoms with van der Waals surface area (Å²) in [6.07, 6.45) is 2.74. The van der Waals surface area contributed by atoms with E-state index in [1.165, 1.54) is 0 Å². The summed E-state index contributed by atoms with van der Waals surface area (Å²) in [5.41, 5.74) is 2.00. The molecule has 1 spiro atoms. The minimum Gasteiger partial charge on any atom is -0.390 e. The van der Waals surface area contributed by atoms with Crippen LogP contribution in [0.5, 0.6) is 0 Å². The van der Waals surface area contributed by atoms with Gasteiger partial charge in [0, 0.05) is 36.6 Å². The number of nitrogens with zero attached hydrogens (tertiary/aromatic N) is 2. The molecule has 5 heteroatoms. The average molecular weight is 304 g/mol. The van der Waals surface area contributed by atoms with E-state index >= 15 is 0 Å². The minimum absolute atomic E-state index is 0.0498. The quantitative estimate of drug-likeness (QED) is 0.860. The first-order valence-corrected chi connectivity index (χ1v) is 8.07. The van der Waals surface area contributed by atoms with E-state index in [0.29, 0.717) is 38.1 Å². The largest absolute Gasteiger partial charge is 0.390 e. The number of aromatic nitrogens is 1. The monoisotopic (exact) mass is 304 g/mol. The van der Waals surface area contributed by atoms with Crippen LogP contribution >= 0.6 is 0 Å². The lowest BCUT2D eigenvalue weighted by Gasteiger charge is -2.46. The van der Waals surface area contributed by atoms with Crippen LogP contribution in [-0.4, -0.2) is 52.3 Å². The molecule has 1 amide bonds. The molecule has 2 saturated heterocycles. The highest BCUT2D eigenvalue weighted by Gasteiger charge is 2.44. The van der Waals surface area contributed by atoms with Crippen molar-refractivity contribution in [3.05, 3.63) is 29.1 Å². The molecular formula is C17H24N2O3. The zero-order valence-corrected chi connectivity index (χ0v) is 13.3. The van der Waals surface area contributed by atoms with E-state index in [0.717, 1.165) is 24.2 Å². The summed E-state index contributed by atoms with van der Waals surface area (Å²) in [6, 6.07) is 3.68. The van der Waals surface area contributed by atoms with Crippen LogP contribution in [0.2, 0.25) is 0 Å². The first-order valence-electron chi connectivity index (χ1n) is 8.07. The zero-order valence-electron chi connectivity index (χ0n) is 13.3. The lowest BCUT2D eigenvalue weighted by Crippen LogP contribution is -2.56. The van der Waals surface area contributed by atoms with Gasteiger partial charge in [0.25, 0.3) is 5.91 Å². The van der Waals surface area contributed by atoms with E-state index in [-0.39, 0.29) is 5.91 Å². The van der Waals surface area contributed by atoms with Crippen LogP contribution in [0.3, 0.4) is 0 Å². The maximum atomic E-state index is 12.7. The summed E-state index contributed by atoms with van der Waals surface area (Å²) >= 11 is 0. The number of amides is 1. The first-order chi connectivity index (χ1) is 10.5. The Bertz CT molecular complexity index is 545. The van der Waals surface area contributed by atoms with Gasteiger partial charge in [0.05, 0.1) is 11.7 Å². The number of hydrogen-bond acceptors (Lipinski definition) is 4. The number of hydrogen-bond donors (Lipinski definition) is 1. The molecule has 0 aromatic carbocycles. The van der Waals surface area contributed by atoms with Gasteiger partial charge in [-0.2, -0.15) is 0 Å². The summed E-state index contributed by atoms with van der Waals surface area (Å²) in [7, 11) is 0. The van der Waals surface area contributed by atoms with E-state index in [1.807, 2.05) is 30.9 Å². The molecule has 0 bridgehead atoms. The fraction of sp³-hybridized carbons (Fsp3) is 0.647. The van der Waals surface area contributed by atoms with Crippen LogP contribution < -0.4 is 0 Å². The van der Waals surface area contributed by atoms with Gasteiger partial charge in [-0.3, -0.25) is 9.78 Å². The summed E-state index contributed by atoms with van der Waals surface area (Å²) < 4.78 is 5.89. The molecule has 3 heterocycles. The van der Waals surface area contributed by atoms with Crippen LogP contribution in [0.1, 0.15) is 47.4 Å². The Morgan fingerprint density at radius 3 is 2.55 bits per heavy atom. The second kappa shape index (κ2) is 5.97. The van der Waals surface area contributed by atoms with E-state index in [1.54, 1.807) is 0 Å². The predicted molar refractivity (Wildman–Crippen MR) is 82.8 cm³/mol. The third-order valence-corrected chi connectivity index (χ3v) is 4.84. The number of piperidine rings is 1. The third kappa shape index (κ3) is 2.88. The van der Waals surface area contributed by atoms with Crippen LogP contribution in [0.15, 0.2) is 12.1 Å². The van der Waals surface area contributed by atoms with Crippen molar-refractivity contribution in [1.82, 2.24) is 9.88 Å². The molecule has 0 saturated carbocycles. The fourth-order valence-corrected chi connectivity index (χ4v) is 3.62. The molecule has 22 heavy (non-hydrogen) atoms. The Labute approximate surface area is 131 Å². The Morgan fingerprint density at radius 1 is 1.32 bits per heavy atom. The molecule has 1 atom stereocenters. The molecule has 2 aliphatic heterocycles. The van der Waals surface area contributed by atoms with Crippen LogP contribution in [0, 0.1) is 13.8 Å². The number of likely N-dealkylation sites (tertiary alicyclic amines) is 1. The molecule has 5 nitrogen and oxygen atoms in total. The molecule has 0 radical (unpaired) electrons. The number of carbonyl (C=O) groups excluding carboxylic acids is 1. The molecule has 3 rings (SSSR count). The van der Waals surface area contributed by atoms with Crippen LogP contribution in [-0.2, 0) is 4.74 Å². The van der Waals surface area contributed by atoms with Crippen molar-refractivity contribution in [3.63, 3.8) is 0 Å². The lowest BCUT2D eigenvalue weighted by atomic mass is 9.82. The number of aliphatic hydroxyl groups is 1. The van der Waals surface area contributed by atoms with Crippen molar-refractivity contribution in [2.45, 2.75) is 51.2 Å². The number of carbonyl (C=O) groups is 1. The van der Waals surface area contributed by atoms with E-state index in [9.17, 15) is 9.90 Å². The number of aliphatic hydroxyl groups excluding tert-OH is 1. The van der Waals surface area contributed by atoms with Crippen molar-refractivity contribution < 1.29 is 14.6 Å². The van der Waals surface area contributed by atoms with E-state index in [2.05, 4.69) is 4.98 Å². The first kappa shape index (κ1) is 15.4. The standard InChI is InChI=1S/C17H24N2O3/c1-12-10-14(11-13(2)18-12)16(21)19-7-5-17(6-8-19)15(20)4-3-9-22-17/h10-11,15,20H,3-9H2,1-2H3/t15-/m0/s1. The van der Waals surface area contributed by atoms with Crippen molar-refractivity contribution in [2.24, 2.45) is 0 Å². The number of ether oxygens (including phenoxy) is 1. The molecule has 2 aliphatic rings. The Kier molecular flexibility index (Phi) is 4.19.